The summed E-state index contributed by atoms with van der Waals surface area (Å²) >= 11 is 6.66. The summed E-state index contributed by atoms with van der Waals surface area (Å²) < 4.78 is 12.4. The SMILES string of the molecule is Cc1cccc(Cl)c1N1CC=C[C@]23O[C@@H]4/C=C\CCC(=O)OC[C@@H](c5ccccc5)NC(=O)[C@@H]4[C@H]2C(=O)N([C@@H](CO)C(C)C)[C@@H]3C1=O. The van der Waals surface area contributed by atoms with Gasteiger partial charge in [-0.3, -0.25) is 19.2 Å². The molecule has 0 unspecified atom stereocenters. The number of fused-ring (bicyclic) bond motifs is 2. The fourth-order valence-electron chi connectivity index (χ4n) is 7.52. The highest BCUT2D eigenvalue weighted by Gasteiger charge is 2.72. The Morgan fingerprint density at radius 1 is 1.04 bits per heavy atom. The number of aryl methyl sites for hydroxylation is 1. The molecule has 0 radical (unpaired) electrons. The number of para-hydroxylation sites is 1. The van der Waals surface area contributed by atoms with Crippen molar-refractivity contribution in [2.45, 2.75) is 63.4 Å². The number of carbonyl (C=O) groups is 4. The van der Waals surface area contributed by atoms with E-state index in [1.165, 1.54) is 4.90 Å². The van der Waals surface area contributed by atoms with Gasteiger partial charge in [0.05, 0.1) is 47.3 Å². The maximum absolute atomic E-state index is 14.9. The molecule has 4 aliphatic rings. The van der Waals surface area contributed by atoms with Crippen molar-refractivity contribution in [3.8, 4) is 0 Å². The Balaban J connectivity index is 1.48. The van der Waals surface area contributed by atoms with Crippen LogP contribution < -0.4 is 10.2 Å². The molecule has 248 valence electrons. The fraction of sp³-hybridized carbons (Fsp3) is 0.444. The number of benzene rings is 2. The first kappa shape index (κ1) is 32.9. The Morgan fingerprint density at radius 2 is 1.81 bits per heavy atom. The Morgan fingerprint density at radius 3 is 2.51 bits per heavy atom. The molecule has 4 heterocycles. The zero-order valence-corrected chi connectivity index (χ0v) is 27.4. The third kappa shape index (κ3) is 5.76. The van der Waals surface area contributed by atoms with Gasteiger partial charge in [-0.05, 0) is 36.5 Å². The first-order chi connectivity index (χ1) is 22.6. The number of carbonyl (C=O) groups excluding carboxylic acids is 4. The lowest BCUT2D eigenvalue weighted by Gasteiger charge is -2.40. The second-order valence-electron chi connectivity index (χ2n) is 13.0. The van der Waals surface area contributed by atoms with Crippen molar-refractivity contribution in [2.75, 3.05) is 24.7 Å². The highest BCUT2D eigenvalue weighted by atomic mass is 35.5. The van der Waals surface area contributed by atoms with Crippen molar-refractivity contribution >= 4 is 41.0 Å². The van der Waals surface area contributed by atoms with Crippen molar-refractivity contribution in [2.24, 2.45) is 17.8 Å². The van der Waals surface area contributed by atoms with Crippen LogP contribution >= 0.6 is 11.6 Å². The molecule has 4 aliphatic heterocycles. The monoisotopic (exact) mass is 661 g/mol. The molecule has 1 spiro atoms. The number of allylic oxidation sites excluding steroid dienone is 1. The molecule has 2 aromatic rings. The molecule has 47 heavy (non-hydrogen) atoms. The Hall–Kier alpha value is -3.99. The van der Waals surface area contributed by atoms with Gasteiger partial charge in [-0.1, -0.05) is 92.2 Å². The zero-order valence-electron chi connectivity index (χ0n) is 26.7. The number of amides is 3. The van der Waals surface area contributed by atoms with Crippen molar-refractivity contribution in [1.82, 2.24) is 10.2 Å². The summed E-state index contributed by atoms with van der Waals surface area (Å²) in [5.74, 6) is -4.03. The number of hydrogen-bond acceptors (Lipinski definition) is 7. The quantitative estimate of drug-likeness (QED) is 0.368. The number of ether oxygens (including phenoxy) is 2. The van der Waals surface area contributed by atoms with Crippen LogP contribution in [-0.2, 0) is 28.7 Å². The summed E-state index contributed by atoms with van der Waals surface area (Å²) in [5, 5.41) is 14.0. The number of nitrogens with zero attached hydrogens (tertiary/aromatic N) is 2. The van der Waals surface area contributed by atoms with E-state index in [9.17, 15) is 24.3 Å². The zero-order chi connectivity index (χ0) is 33.5. The number of esters is 1. The van der Waals surface area contributed by atoms with Crippen LogP contribution in [0.15, 0.2) is 72.8 Å². The van der Waals surface area contributed by atoms with Crippen LogP contribution in [0.4, 0.5) is 5.69 Å². The molecule has 11 heteroatoms. The first-order valence-electron chi connectivity index (χ1n) is 16.1. The van der Waals surface area contributed by atoms with Gasteiger partial charge in [0.25, 0.3) is 5.91 Å². The first-order valence-corrected chi connectivity index (χ1v) is 16.5. The third-order valence-electron chi connectivity index (χ3n) is 9.78. The van der Waals surface area contributed by atoms with Gasteiger partial charge in [0.1, 0.15) is 18.2 Å². The van der Waals surface area contributed by atoms with E-state index in [4.69, 9.17) is 21.1 Å². The van der Waals surface area contributed by atoms with E-state index in [2.05, 4.69) is 5.32 Å². The summed E-state index contributed by atoms with van der Waals surface area (Å²) in [6, 6.07) is 12.0. The highest BCUT2D eigenvalue weighted by molar-refractivity contribution is 6.34. The minimum atomic E-state index is -1.52. The lowest BCUT2D eigenvalue weighted by molar-refractivity contribution is -0.147. The topological polar surface area (TPSA) is 125 Å². The number of halogens is 1. The van der Waals surface area contributed by atoms with E-state index < -0.39 is 65.4 Å². The average molecular weight is 662 g/mol. The average Bonchev–Trinajstić information content (AvgIpc) is 3.43. The smallest absolute Gasteiger partial charge is 0.306 e. The van der Waals surface area contributed by atoms with Crippen LogP contribution in [0.25, 0.3) is 0 Å². The van der Waals surface area contributed by atoms with Gasteiger partial charge in [0.2, 0.25) is 11.8 Å². The second-order valence-corrected chi connectivity index (χ2v) is 13.4. The van der Waals surface area contributed by atoms with Crippen LogP contribution in [0.3, 0.4) is 0 Å². The van der Waals surface area contributed by atoms with Gasteiger partial charge in [0, 0.05) is 13.0 Å². The molecule has 2 aromatic carbocycles. The predicted octanol–water partition coefficient (Wildman–Crippen LogP) is 3.90. The Bertz CT molecular complexity index is 1590. The molecule has 0 aromatic heterocycles. The molecule has 2 fully saturated rings. The van der Waals surface area contributed by atoms with E-state index >= 15 is 0 Å². The van der Waals surface area contributed by atoms with E-state index in [0.717, 1.165) is 11.1 Å². The van der Waals surface area contributed by atoms with Crippen molar-refractivity contribution in [3.05, 3.63) is 89.0 Å². The lowest BCUT2D eigenvalue weighted by Crippen LogP contribution is -2.59. The van der Waals surface area contributed by atoms with Crippen LogP contribution in [0, 0.1) is 24.7 Å². The molecule has 0 aliphatic carbocycles. The molecule has 2 N–H and O–H groups in total. The van der Waals surface area contributed by atoms with Gasteiger partial charge < -0.3 is 29.7 Å². The maximum Gasteiger partial charge on any atom is 0.306 e. The standard InChI is InChI=1S/C36H40ClN3O7/c1-21(2)26(19-41)40-32-35(45)39(31-22(3)11-9-14-24(31)37)18-10-17-36(32)30(34(40)44)29-27(47-36)15-7-8-16-28(42)46-20-25(38-33(29)43)23-12-5-4-6-13-23/h4-7,9-15,17,21,25-27,29-30,32,41H,8,16,18-20H2,1-3H3,(H,38,43)/b15-7-/t25-,26-,27+,29-,30-,32+,36-/m0/s1. The van der Waals surface area contributed by atoms with E-state index in [-0.39, 0.29) is 32.1 Å². The van der Waals surface area contributed by atoms with Gasteiger partial charge in [-0.15, -0.1) is 0 Å². The Kier molecular flexibility index (Phi) is 9.29. The fourth-order valence-corrected chi connectivity index (χ4v) is 7.84. The van der Waals surface area contributed by atoms with Gasteiger partial charge >= 0.3 is 5.97 Å². The minimum absolute atomic E-state index is 0.0838. The molecule has 10 nitrogen and oxygen atoms in total. The Labute approximate surface area is 279 Å². The van der Waals surface area contributed by atoms with Crippen LogP contribution in [0.5, 0.6) is 0 Å². The summed E-state index contributed by atoms with van der Waals surface area (Å²) in [6.07, 6.45) is 6.61. The van der Waals surface area contributed by atoms with Crippen molar-refractivity contribution in [3.63, 3.8) is 0 Å². The largest absolute Gasteiger partial charge is 0.463 e. The van der Waals surface area contributed by atoms with Crippen molar-refractivity contribution in [1.29, 1.82) is 0 Å². The number of nitrogens with one attached hydrogen (secondary N) is 1. The molecule has 0 bridgehead atoms. The van der Waals surface area contributed by atoms with Gasteiger partial charge in [0.15, 0.2) is 0 Å². The third-order valence-corrected chi connectivity index (χ3v) is 10.1. The predicted molar refractivity (Wildman–Crippen MR) is 175 cm³/mol. The molecular formula is C36H40ClN3O7. The second kappa shape index (κ2) is 13.3. The number of aliphatic hydroxyl groups excluding tert-OH is 1. The summed E-state index contributed by atoms with van der Waals surface area (Å²) in [6.45, 7) is 5.32. The van der Waals surface area contributed by atoms with Gasteiger partial charge in [-0.25, -0.2) is 0 Å². The summed E-state index contributed by atoms with van der Waals surface area (Å²) in [4.78, 5) is 59.6. The van der Waals surface area contributed by atoms with Gasteiger partial charge in [-0.2, -0.15) is 0 Å². The van der Waals surface area contributed by atoms with Crippen molar-refractivity contribution < 1.29 is 33.8 Å². The van der Waals surface area contributed by atoms with E-state index in [0.29, 0.717) is 17.1 Å². The summed E-state index contributed by atoms with van der Waals surface area (Å²) in [5.41, 5.74) is 0.523. The number of hydrogen-bond donors (Lipinski definition) is 2. The molecule has 6 rings (SSSR count). The number of anilines is 1. The lowest BCUT2D eigenvalue weighted by atomic mass is 9.77. The van der Waals surface area contributed by atoms with E-state index in [1.807, 2.05) is 57.2 Å². The molecule has 0 saturated carbocycles. The molecule has 3 amide bonds. The molecule has 7 atom stereocenters. The molecule has 2 saturated heterocycles. The highest BCUT2D eigenvalue weighted by Crippen LogP contribution is 2.54. The molecular weight excluding hydrogens is 622 g/mol. The van der Waals surface area contributed by atoms with Crippen LogP contribution in [0.2, 0.25) is 5.02 Å². The van der Waals surface area contributed by atoms with E-state index in [1.54, 1.807) is 41.3 Å². The number of cyclic esters (lactones) is 1. The number of aliphatic hydroxyl groups is 1. The maximum atomic E-state index is 14.9. The van der Waals surface area contributed by atoms with Crippen LogP contribution in [0.1, 0.15) is 43.9 Å². The van der Waals surface area contributed by atoms with Crippen LogP contribution in [-0.4, -0.2) is 77.2 Å². The number of rotatable bonds is 5. The normalized spacial score (nSPS) is 30.8. The minimum Gasteiger partial charge on any atom is -0.463 e. The number of likely N-dealkylation sites (tertiary alicyclic amines) is 1. The summed E-state index contributed by atoms with van der Waals surface area (Å²) in [7, 11) is 0.